The zero-order valence-electron chi connectivity index (χ0n) is 14.2. The van der Waals surface area contributed by atoms with Gasteiger partial charge in [-0.2, -0.15) is 0 Å². The molecule has 0 spiro atoms. The topological polar surface area (TPSA) is 47.7 Å². The molecule has 2 atom stereocenters. The van der Waals surface area contributed by atoms with E-state index in [1.54, 1.807) is 7.11 Å². The first-order valence-corrected chi connectivity index (χ1v) is 7.88. The second-order valence-electron chi connectivity index (χ2n) is 7.15. The number of nitrogens with two attached hydrogens (primary N) is 1. The van der Waals surface area contributed by atoms with Crippen molar-refractivity contribution in [3.8, 4) is 0 Å². The molecule has 1 aliphatic carbocycles. The minimum atomic E-state index is -0.157. The van der Waals surface area contributed by atoms with E-state index in [2.05, 4.69) is 39.5 Å². The van der Waals surface area contributed by atoms with E-state index < -0.39 is 0 Å². The summed E-state index contributed by atoms with van der Waals surface area (Å²) in [6, 6.07) is 0. The predicted molar refractivity (Wildman–Crippen MR) is 83.9 cm³/mol. The summed E-state index contributed by atoms with van der Waals surface area (Å²) in [4.78, 5) is 2.44. The summed E-state index contributed by atoms with van der Waals surface area (Å²) >= 11 is 0. The van der Waals surface area contributed by atoms with Crippen molar-refractivity contribution in [2.75, 3.05) is 40.0 Å². The van der Waals surface area contributed by atoms with Crippen LogP contribution in [0.1, 0.15) is 41.0 Å². The van der Waals surface area contributed by atoms with E-state index in [4.69, 9.17) is 15.2 Å². The predicted octanol–water partition coefficient (Wildman–Crippen LogP) is 2.12. The lowest BCUT2D eigenvalue weighted by molar-refractivity contribution is -0.157. The van der Waals surface area contributed by atoms with Crippen molar-refractivity contribution in [3.05, 3.63) is 0 Å². The Labute approximate surface area is 125 Å². The molecule has 0 aliphatic heterocycles. The van der Waals surface area contributed by atoms with E-state index in [0.717, 1.165) is 39.3 Å². The van der Waals surface area contributed by atoms with Crippen LogP contribution >= 0.6 is 0 Å². The number of methoxy groups -OCH3 is 1. The summed E-state index contributed by atoms with van der Waals surface area (Å²) < 4.78 is 11.0. The second kappa shape index (κ2) is 7.21. The highest BCUT2D eigenvalue weighted by Gasteiger charge is 2.58. The maximum atomic E-state index is 6.69. The van der Waals surface area contributed by atoms with Crippen LogP contribution in [-0.4, -0.2) is 56.5 Å². The van der Waals surface area contributed by atoms with Crippen LogP contribution in [0.15, 0.2) is 0 Å². The third kappa shape index (κ3) is 3.94. The fourth-order valence-corrected chi connectivity index (χ4v) is 3.15. The third-order valence-electron chi connectivity index (χ3n) is 4.75. The standard InChI is InChI=1S/C16H34N2O2/c1-7-20-14-10-16(17,15(14,4)5)12-18(8-9-19-6)11-13(2)3/h13-14H,7-12,17H2,1-6H3. The van der Waals surface area contributed by atoms with Crippen LogP contribution in [0, 0.1) is 11.3 Å². The molecule has 1 fully saturated rings. The van der Waals surface area contributed by atoms with Crippen molar-refractivity contribution < 1.29 is 9.47 Å². The van der Waals surface area contributed by atoms with E-state index in [0.29, 0.717) is 12.0 Å². The van der Waals surface area contributed by atoms with E-state index in [9.17, 15) is 0 Å². The highest BCUT2D eigenvalue weighted by atomic mass is 16.5. The summed E-state index contributed by atoms with van der Waals surface area (Å²) in [6.07, 6.45) is 1.25. The van der Waals surface area contributed by atoms with Gasteiger partial charge in [0.2, 0.25) is 0 Å². The average molecular weight is 286 g/mol. The molecule has 2 N–H and O–H groups in total. The van der Waals surface area contributed by atoms with Gasteiger partial charge < -0.3 is 15.2 Å². The number of nitrogens with zero attached hydrogens (tertiary/aromatic N) is 1. The molecule has 1 aliphatic rings. The van der Waals surface area contributed by atoms with E-state index in [-0.39, 0.29) is 11.0 Å². The summed E-state index contributed by atoms with van der Waals surface area (Å²) in [5.74, 6) is 0.640. The summed E-state index contributed by atoms with van der Waals surface area (Å²) in [5.41, 5.74) is 6.56. The molecule has 0 aromatic carbocycles. The highest BCUT2D eigenvalue weighted by Crippen LogP contribution is 2.50. The highest BCUT2D eigenvalue weighted by molar-refractivity contribution is 5.14. The number of hydrogen-bond donors (Lipinski definition) is 1. The Balaban J connectivity index is 2.63. The number of hydrogen-bond acceptors (Lipinski definition) is 4. The molecule has 4 nitrogen and oxygen atoms in total. The Morgan fingerprint density at radius 3 is 2.45 bits per heavy atom. The van der Waals surface area contributed by atoms with Crippen molar-refractivity contribution in [1.29, 1.82) is 0 Å². The third-order valence-corrected chi connectivity index (χ3v) is 4.75. The molecule has 1 rings (SSSR count). The molecule has 0 heterocycles. The summed E-state index contributed by atoms with van der Waals surface area (Å²) in [6.45, 7) is 15.5. The largest absolute Gasteiger partial charge is 0.383 e. The van der Waals surface area contributed by atoms with Gasteiger partial charge in [-0.15, -0.1) is 0 Å². The number of ether oxygens (including phenoxy) is 2. The second-order valence-corrected chi connectivity index (χ2v) is 7.15. The zero-order valence-corrected chi connectivity index (χ0v) is 14.2. The SMILES string of the molecule is CCOC1CC(N)(CN(CCOC)CC(C)C)C1(C)C. The average Bonchev–Trinajstić information content (AvgIpc) is 2.35. The smallest absolute Gasteiger partial charge is 0.0662 e. The van der Waals surface area contributed by atoms with Gasteiger partial charge in [0.25, 0.3) is 0 Å². The van der Waals surface area contributed by atoms with Gasteiger partial charge in [-0.1, -0.05) is 27.7 Å². The lowest BCUT2D eigenvalue weighted by atomic mass is 9.54. The van der Waals surface area contributed by atoms with Crippen molar-refractivity contribution >= 4 is 0 Å². The maximum Gasteiger partial charge on any atom is 0.0662 e. The Morgan fingerprint density at radius 2 is 2.00 bits per heavy atom. The van der Waals surface area contributed by atoms with Crippen LogP contribution in [0.25, 0.3) is 0 Å². The molecule has 0 amide bonds. The van der Waals surface area contributed by atoms with Crippen molar-refractivity contribution in [3.63, 3.8) is 0 Å². The van der Waals surface area contributed by atoms with Crippen LogP contribution in [0.3, 0.4) is 0 Å². The van der Waals surface area contributed by atoms with Gasteiger partial charge in [0.15, 0.2) is 0 Å². The Kier molecular flexibility index (Phi) is 6.45. The quantitative estimate of drug-likeness (QED) is 0.705. The Morgan fingerprint density at radius 1 is 1.35 bits per heavy atom. The van der Waals surface area contributed by atoms with Gasteiger partial charge >= 0.3 is 0 Å². The molecule has 0 saturated heterocycles. The van der Waals surface area contributed by atoms with Crippen LogP contribution < -0.4 is 5.73 Å². The van der Waals surface area contributed by atoms with Gasteiger partial charge in [0.05, 0.1) is 12.7 Å². The van der Waals surface area contributed by atoms with E-state index in [1.165, 1.54) is 0 Å². The van der Waals surface area contributed by atoms with Gasteiger partial charge in [0.1, 0.15) is 0 Å². The normalized spacial score (nSPS) is 28.9. The van der Waals surface area contributed by atoms with Crippen LogP contribution in [0.4, 0.5) is 0 Å². The molecule has 0 aromatic heterocycles. The van der Waals surface area contributed by atoms with E-state index >= 15 is 0 Å². The first-order valence-electron chi connectivity index (χ1n) is 7.88. The number of rotatable bonds is 9. The zero-order chi connectivity index (χ0) is 15.4. The fourth-order valence-electron chi connectivity index (χ4n) is 3.15. The summed E-state index contributed by atoms with van der Waals surface area (Å²) in [7, 11) is 1.75. The molecular weight excluding hydrogens is 252 g/mol. The molecule has 120 valence electrons. The van der Waals surface area contributed by atoms with Gasteiger partial charge in [-0.05, 0) is 19.3 Å². The molecule has 2 unspecified atom stereocenters. The molecule has 1 saturated carbocycles. The Bertz CT molecular complexity index is 294. The first kappa shape index (κ1) is 17.9. The van der Waals surface area contributed by atoms with Crippen LogP contribution in [-0.2, 0) is 9.47 Å². The fraction of sp³-hybridized carbons (Fsp3) is 1.00. The van der Waals surface area contributed by atoms with Gasteiger partial charge in [-0.3, -0.25) is 4.90 Å². The van der Waals surface area contributed by atoms with Crippen LogP contribution in [0.5, 0.6) is 0 Å². The monoisotopic (exact) mass is 286 g/mol. The molecular formula is C16H34N2O2. The maximum absolute atomic E-state index is 6.69. The molecule has 0 aromatic rings. The Hall–Kier alpha value is -0.160. The molecule has 20 heavy (non-hydrogen) atoms. The van der Waals surface area contributed by atoms with E-state index in [1.807, 2.05) is 0 Å². The lowest BCUT2D eigenvalue weighted by Gasteiger charge is -2.60. The van der Waals surface area contributed by atoms with Crippen molar-refractivity contribution in [2.45, 2.75) is 52.7 Å². The van der Waals surface area contributed by atoms with Crippen molar-refractivity contribution in [2.24, 2.45) is 17.1 Å². The van der Waals surface area contributed by atoms with Crippen LogP contribution in [0.2, 0.25) is 0 Å². The molecule has 0 bridgehead atoms. The van der Waals surface area contributed by atoms with Gasteiger partial charge in [0, 0.05) is 44.3 Å². The van der Waals surface area contributed by atoms with Crippen molar-refractivity contribution in [1.82, 2.24) is 4.90 Å². The lowest BCUT2D eigenvalue weighted by Crippen LogP contribution is -2.73. The minimum absolute atomic E-state index is 0.0330. The van der Waals surface area contributed by atoms with Gasteiger partial charge in [-0.25, -0.2) is 0 Å². The molecule has 4 heteroatoms. The first-order chi connectivity index (χ1) is 9.26. The molecule has 0 radical (unpaired) electrons. The summed E-state index contributed by atoms with van der Waals surface area (Å²) in [5, 5.41) is 0. The minimum Gasteiger partial charge on any atom is -0.383 e.